The van der Waals surface area contributed by atoms with Gasteiger partial charge in [-0.15, -0.1) is 0 Å². The second kappa shape index (κ2) is 6.90. The topological polar surface area (TPSA) is 82.0 Å². The van der Waals surface area contributed by atoms with Crippen LogP contribution in [0.3, 0.4) is 0 Å². The maximum atomic E-state index is 12.8. The van der Waals surface area contributed by atoms with Crippen molar-refractivity contribution in [2.45, 2.75) is 26.3 Å². The van der Waals surface area contributed by atoms with Crippen molar-refractivity contribution in [1.29, 1.82) is 0 Å². The van der Waals surface area contributed by atoms with E-state index in [1.165, 1.54) is 11.3 Å². The van der Waals surface area contributed by atoms with E-state index in [0.717, 1.165) is 29.8 Å². The van der Waals surface area contributed by atoms with Crippen molar-refractivity contribution in [2.75, 3.05) is 18.8 Å². The molecule has 0 aliphatic carbocycles. The minimum atomic E-state index is 0.0480. The number of nitrogen functional groups attached to an aromatic ring is 1. The Hall–Kier alpha value is -3.09. The second-order valence-corrected chi connectivity index (χ2v) is 7.01. The maximum absolute atomic E-state index is 12.8. The van der Waals surface area contributed by atoms with Gasteiger partial charge in [-0.05, 0) is 13.3 Å². The smallest absolute Gasteiger partial charge is 0.244 e. The first-order valence-corrected chi connectivity index (χ1v) is 9.21. The lowest BCUT2D eigenvalue weighted by atomic mass is 10.0. The van der Waals surface area contributed by atoms with E-state index < -0.39 is 0 Å². The molecule has 4 rings (SSSR count). The lowest BCUT2D eigenvalue weighted by Crippen LogP contribution is -2.36. The number of nitrogens with two attached hydrogens (primary N) is 1. The van der Waals surface area contributed by atoms with Gasteiger partial charge in [-0.2, -0.15) is 10.2 Å². The fourth-order valence-corrected chi connectivity index (χ4v) is 3.78. The van der Waals surface area contributed by atoms with Crippen molar-refractivity contribution >= 4 is 11.7 Å². The van der Waals surface area contributed by atoms with Crippen LogP contribution in [0.2, 0.25) is 0 Å². The van der Waals surface area contributed by atoms with Crippen LogP contribution in [0, 0.1) is 6.92 Å². The van der Waals surface area contributed by atoms with Crippen LogP contribution >= 0.6 is 0 Å². The van der Waals surface area contributed by atoms with Crippen molar-refractivity contribution in [1.82, 2.24) is 24.5 Å². The number of aryl methyl sites for hydroxylation is 2. The molecule has 0 unspecified atom stereocenters. The van der Waals surface area contributed by atoms with Gasteiger partial charge < -0.3 is 10.6 Å². The van der Waals surface area contributed by atoms with Crippen LogP contribution in [0.1, 0.15) is 17.0 Å². The Labute approximate surface area is 158 Å². The molecule has 2 N–H and O–H groups in total. The number of rotatable bonds is 3. The van der Waals surface area contributed by atoms with E-state index in [2.05, 4.69) is 17.2 Å². The van der Waals surface area contributed by atoms with E-state index in [4.69, 9.17) is 10.8 Å². The molecule has 0 fully saturated rings. The molecule has 7 heteroatoms. The normalized spacial score (nSPS) is 14.1. The molecule has 1 aliphatic rings. The first kappa shape index (κ1) is 17.3. The molecule has 0 spiro atoms. The van der Waals surface area contributed by atoms with Crippen LogP contribution < -0.4 is 5.73 Å². The summed E-state index contributed by atoms with van der Waals surface area (Å²) in [6.07, 6.45) is 1.60. The van der Waals surface area contributed by atoms with E-state index in [1.54, 1.807) is 10.7 Å². The Bertz CT molecular complexity index is 972. The Kier molecular flexibility index (Phi) is 4.43. The zero-order valence-corrected chi connectivity index (χ0v) is 15.7. The summed E-state index contributed by atoms with van der Waals surface area (Å²) in [6.45, 7) is 3.41. The predicted octanol–water partition coefficient (Wildman–Crippen LogP) is 1.80. The molecule has 0 saturated heterocycles. The van der Waals surface area contributed by atoms with Crippen LogP contribution in [0.5, 0.6) is 0 Å². The van der Waals surface area contributed by atoms with Crippen LogP contribution in [-0.4, -0.2) is 43.5 Å². The average Bonchev–Trinajstić information content (AvgIpc) is 3.04. The fourth-order valence-electron chi connectivity index (χ4n) is 3.78. The number of carbonyl (C=O) groups is 1. The van der Waals surface area contributed by atoms with E-state index in [1.807, 2.05) is 41.8 Å². The highest BCUT2D eigenvalue weighted by molar-refractivity contribution is 5.76. The second-order valence-electron chi connectivity index (χ2n) is 7.01. The first-order valence-electron chi connectivity index (χ1n) is 9.21. The van der Waals surface area contributed by atoms with Crippen LogP contribution in [0.25, 0.3) is 11.3 Å². The zero-order chi connectivity index (χ0) is 19.0. The summed E-state index contributed by atoms with van der Waals surface area (Å²) in [4.78, 5) is 14.7. The van der Waals surface area contributed by atoms with Crippen molar-refractivity contribution in [3.63, 3.8) is 0 Å². The third-order valence-corrected chi connectivity index (χ3v) is 5.14. The lowest BCUT2D eigenvalue weighted by molar-refractivity contribution is -0.131. The van der Waals surface area contributed by atoms with E-state index in [0.29, 0.717) is 18.9 Å². The van der Waals surface area contributed by atoms with Crippen LogP contribution in [0.4, 0.5) is 5.82 Å². The summed E-state index contributed by atoms with van der Waals surface area (Å²) in [5.74, 6) is 0.571. The third-order valence-electron chi connectivity index (χ3n) is 5.14. The molecule has 3 aromatic rings. The number of hydrogen-bond acceptors (Lipinski definition) is 4. The number of benzene rings is 1. The SMILES string of the molecule is Cc1cc(N)n(CC(=O)N2CCc3c(-c4ccccc4)nn(C)c3CC2)n1. The number of hydrogen-bond donors (Lipinski definition) is 1. The molecular weight excluding hydrogens is 340 g/mol. The van der Waals surface area contributed by atoms with Crippen molar-refractivity contribution in [2.24, 2.45) is 7.05 Å². The molecule has 7 nitrogen and oxygen atoms in total. The molecule has 0 saturated carbocycles. The molecule has 2 aromatic heterocycles. The number of fused-ring (bicyclic) bond motifs is 1. The quantitative estimate of drug-likeness (QED) is 0.768. The van der Waals surface area contributed by atoms with Crippen LogP contribution in [-0.2, 0) is 31.2 Å². The van der Waals surface area contributed by atoms with Gasteiger partial charge in [0.15, 0.2) is 0 Å². The van der Waals surface area contributed by atoms with Crippen LogP contribution in [0.15, 0.2) is 36.4 Å². The highest BCUT2D eigenvalue weighted by Crippen LogP contribution is 2.28. The van der Waals surface area contributed by atoms with Gasteiger partial charge in [0.05, 0.1) is 11.4 Å². The Morgan fingerprint density at radius 1 is 1.15 bits per heavy atom. The molecule has 3 heterocycles. The Morgan fingerprint density at radius 2 is 1.89 bits per heavy atom. The standard InChI is InChI=1S/C20H24N6O/c1-14-12-18(21)26(22-14)13-19(27)25-10-8-16-17(9-11-25)24(2)23-20(16)15-6-4-3-5-7-15/h3-7,12H,8-11,13,21H2,1-2H3. The molecule has 140 valence electrons. The van der Waals surface area contributed by atoms with Gasteiger partial charge in [0.2, 0.25) is 5.91 Å². The van der Waals surface area contributed by atoms with Gasteiger partial charge in [-0.25, -0.2) is 4.68 Å². The largest absolute Gasteiger partial charge is 0.384 e. The van der Waals surface area contributed by atoms with Gasteiger partial charge in [0.25, 0.3) is 0 Å². The monoisotopic (exact) mass is 364 g/mol. The number of nitrogens with zero attached hydrogens (tertiary/aromatic N) is 5. The van der Waals surface area contributed by atoms with E-state index in [9.17, 15) is 4.79 Å². The molecule has 1 aromatic carbocycles. The molecule has 27 heavy (non-hydrogen) atoms. The van der Waals surface area contributed by atoms with E-state index in [-0.39, 0.29) is 12.5 Å². The highest BCUT2D eigenvalue weighted by atomic mass is 16.2. The average molecular weight is 364 g/mol. The molecular formula is C20H24N6O. The summed E-state index contributed by atoms with van der Waals surface area (Å²) < 4.78 is 3.53. The number of anilines is 1. The number of aromatic nitrogens is 4. The summed E-state index contributed by atoms with van der Waals surface area (Å²) >= 11 is 0. The maximum Gasteiger partial charge on any atom is 0.244 e. The molecule has 1 aliphatic heterocycles. The van der Waals surface area contributed by atoms with Gasteiger partial charge in [-0.1, -0.05) is 30.3 Å². The summed E-state index contributed by atoms with van der Waals surface area (Å²) in [5, 5.41) is 9.03. The first-order chi connectivity index (χ1) is 13.0. The molecule has 0 radical (unpaired) electrons. The summed E-state index contributed by atoms with van der Waals surface area (Å²) in [5.41, 5.74) is 11.3. The lowest BCUT2D eigenvalue weighted by Gasteiger charge is -2.20. The number of carbonyl (C=O) groups excluding carboxylic acids is 1. The third kappa shape index (κ3) is 3.32. The number of amides is 1. The Balaban J connectivity index is 1.53. The summed E-state index contributed by atoms with van der Waals surface area (Å²) in [7, 11) is 1.98. The highest BCUT2D eigenvalue weighted by Gasteiger charge is 2.24. The summed E-state index contributed by atoms with van der Waals surface area (Å²) in [6, 6.07) is 12.0. The molecule has 0 bridgehead atoms. The predicted molar refractivity (Wildman–Crippen MR) is 104 cm³/mol. The van der Waals surface area contributed by atoms with Gasteiger partial charge in [0, 0.05) is 49.4 Å². The zero-order valence-electron chi connectivity index (χ0n) is 15.7. The molecule has 0 atom stereocenters. The van der Waals surface area contributed by atoms with E-state index >= 15 is 0 Å². The van der Waals surface area contributed by atoms with Crippen molar-refractivity contribution < 1.29 is 4.79 Å². The van der Waals surface area contributed by atoms with Gasteiger partial charge in [0.1, 0.15) is 12.4 Å². The van der Waals surface area contributed by atoms with Gasteiger partial charge >= 0.3 is 0 Å². The van der Waals surface area contributed by atoms with Crippen molar-refractivity contribution in [3.05, 3.63) is 53.3 Å². The minimum Gasteiger partial charge on any atom is -0.384 e. The fraction of sp³-hybridized carbons (Fsp3) is 0.350. The minimum absolute atomic E-state index is 0.0480. The van der Waals surface area contributed by atoms with Gasteiger partial charge in [-0.3, -0.25) is 9.48 Å². The van der Waals surface area contributed by atoms with Crippen molar-refractivity contribution in [3.8, 4) is 11.3 Å². The Morgan fingerprint density at radius 3 is 2.59 bits per heavy atom. The molecule has 1 amide bonds.